The monoisotopic (exact) mass is 207 g/mol. The maximum absolute atomic E-state index is 11.0. The third-order valence-electron chi connectivity index (χ3n) is 2.25. The molecule has 0 aliphatic carbocycles. The molecule has 1 aromatic rings. The first-order valence-electron chi connectivity index (χ1n) is 4.43. The van der Waals surface area contributed by atoms with E-state index in [1.54, 1.807) is 12.1 Å². The van der Waals surface area contributed by atoms with Crippen LogP contribution in [0.3, 0.4) is 0 Å². The van der Waals surface area contributed by atoms with Gasteiger partial charge in [-0.1, -0.05) is 6.07 Å². The van der Waals surface area contributed by atoms with E-state index in [0.29, 0.717) is 5.69 Å². The molecular weight excluding hydrogens is 198 g/mol. The number of hydrogen-bond acceptors (Lipinski definition) is 4. The van der Waals surface area contributed by atoms with Crippen molar-refractivity contribution in [2.45, 2.75) is 0 Å². The molecule has 0 radical (unpaired) electrons. The second-order valence-electron chi connectivity index (χ2n) is 3.28. The van der Waals surface area contributed by atoms with Gasteiger partial charge in [-0.25, -0.2) is 0 Å². The van der Waals surface area contributed by atoms with E-state index in [4.69, 9.17) is 5.73 Å². The maximum atomic E-state index is 11.0. The minimum Gasteiger partial charge on any atom is -0.365 e. The van der Waals surface area contributed by atoms with Crippen LogP contribution >= 0.6 is 0 Å². The highest BCUT2D eigenvalue weighted by molar-refractivity contribution is 5.99. The summed E-state index contributed by atoms with van der Waals surface area (Å²) >= 11 is 0. The summed E-state index contributed by atoms with van der Waals surface area (Å²) in [5.74, 6) is -0.773. The molecule has 2 rings (SSSR count). The Hall–Kier alpha value is -2.11. The third-order valence-corrected chi connectivity index (χ3v) is 2.25. The highest BCUT2D eigenvalue weighted by Gasteiger charge is 2.30. The second kappa shape index (κ2) is 3.23. The number of anilines is 1. The molecule has 0 spiro atoms. The standard InChI is InChI=1S/C9H9N3O3/c10-9(13)6-2-1-3-7(11-4-5-11)8(6)12(14)15/h1-3H,4-5H2,(H2,10,13). The van der Waals surface area contributed by atoms with Gasteiger partial charge >= 0.3 is 5.69 Å². The molecule has 0 atom stereocenters. The lowest BCUT2D eigenvalue weighted by molar-refractivity contribution is -0.384. The molecule has 1 aromatic carbocycles. The van der Waals surface area contributed by atoms with Crippen LogP contribution in [0.15, 0.2) is 18.2 Å². The molecule has 1 aliphatic rings. The Labute approximate surface area is 85.4 Å². The van der Waals surface area contributed by atoms with Crippen LogP contribution in [0.25, 0.3) is 0 Å². The lowest BCUT2D eigenvalue weighted by Crippen LogP contribution is -2.14. The largest absolute Gasteiger partial charge is 0.365 e. The van der Waals surface area contributed by atoms with Crippen LogP contribution in [-0.2, 0) is 0 Å². The zero-order valence-electron chi connectivity index (χ0n) is 7.84. The molecule has 6 heteroatoms. The number of nitrogens with zero attached hydrogens (tertiary/aromatic N) is 2. The summed E-state index contributed by atoms with van der Waals surface area (Å²) < 4.78 is 0. The number of carbonyl (C=O) groups is 1. The van der Waals surface area contributed by atoms with Crippen LogP contribution in [-0.4, -0.2) is 23.9 Å². The van der Waals surface area contributed by atoms with Crippen molar-refractivity contribution in [2.75, 3.05) is 18.0 Å². The third kappa shape index (κ3) is 1.61. The fourth-order valence-corrected chi connectivity index (χ4v) is 1.47. The number of primary amides is 1. The predicted octanol–water partition coefficient (Wildman–Crippen LogP) is 0.514. The van der Waals surface area contributed by atoms with Gasteiger partial charge in [-0.15, -0.1) is 0 Å². The van der Waals surface area contributed by atoms with Gasteiger partial charge in [0.05, 0.1) is 4.92 Å². The summed E-state index contributed by atoms with van der Waals surface area (Å²) in [5, 5.41) is 10.9. The fourth-order valence-electron chi connectivity index (χ4n) is 1.47. The minimum atomic E-state index is -0.773. The first kappa shape index (κ1) is 9.45. The molecule has 1 saturated heterocycles. The highest BCUT2D eigenvalue weighted by Crippen LogP contribution is 2.34. The van der Waals surface area contributed by atoms with Gasteiger partial charge in [-0.3, -0.25) is 14.9 Å². The molecule has 1 heterocycles. The van der Waals surface area contributed by atoms with Gasteiger partial charge in [-0.05, 0) is 12.1 Å². The van der Waals surface area contributed by atoms with Crippen molar-refractivity contribution in [3.8, 4) is 0 Å². The summed E-state index contributed by atoms with van der Waals surface area (Å²) in [7, 11) is 0. The lowest BCUT2D eigenvalue weighted by Gasteiger charge is -2.06. The van der Waals surface area contributed by atoms with Crippen molar-refractivity contribution >= 4 is 17.3 Å². The second-order valence-corrected chi connectivity index (χ2v) is 3.28. The average molecular weight is 207 g/mol. The zero-order valence-corrected chi connectivity index (χ0v) is 7.84. The number of nitro groups is 1. The molecule has 1 amide bonds. The summed E-state index contributed by atoms with van der Waals surface area (Å²) in [5.41, 5.74) is 5.32. The van der Waals surface area contributed by atoms with Gasteiger partial charge in [0.15, 0.2) is 0 Å². The van der Waals surface area contributed by atoms with Crippen molar-refractivity contribution in [1.82, 2.24) is 0 Å². The summed E-state index contributed by atoms with van der Waals surface area (Å²) in [6, 6.07) is 4.59. The van der Waals surface area contributed by atoms with E-state index in [1.807, 2.05) is 4.90 Å². The molecule has 0 aromatic heterocycles. The molecule has 0 bridgehead atoms. The molecule has 1 fully saturated rings. The van der Waals surface area contributed by atoms with Crippen LogP contribution in [0.5, 0.6) is 0 Å². The van der Waals surface area contributed by atoms with Crippen LogP contribution in [0.2, 0.25) is 0 Å². The van der Waals surface area contributed by atoms with Gasteiger partial charge in [-0.2, -0.15) is 0 Å². The van der Waals surface area contributed by atoms with Crippen molar-refractivity contribution < 1.29 is 9.72 Å². The number of nitrogens with two attached hydrogens (primary N) is 1. The first-order chi connectivity index (χ1) is 7.11. The van der Waals surface area contributed by atoms with Crippen molar-refractivity contribution in [3.05, 3.63) is 33.9 Å². The average Bonchev–Trinajstić information content (AvgIpc) is 2.99. The topological polar surface area (TPSA) is 89.2 Å². The summed E-state index contributed by atoms with van der Waals surface area (Å²) in [6.07, 6.45) is 0. The number of benzene rings is 1. The van der Waals surface area contributed by atoms with E-state index in [-0.39, 0.29) is 11.3 Å². The molecule has 15 heavy (non-hydrogen) atoms. The smallest absolute Gasteiger partial charge is 0.305 e. The van der Waals surface area contributed by atoms with Gasteiger partial charge in [0.2, 0.25) is 0 Å². The zero-order chi connectivity index (χ0) is 11.0. The van der Waals surface area contributed by atoms with Crippen LogP contribution in [0, 0.1) is 10.1 Å². The number of carbonyl (C=O) groups excluding carboxylic acids is 1. The maximum Gasteiger partial charge on any atom is 0.305 e. The summed E-state index contributed by atoms with van der Waals surface area (Å²) in [6.45, 7) is 1.56. The van der Waals surface area contributed by atoms with E-state index < -0.39 is 10.8 Å². The number of nitro benzene ring substituents is 1. The first-order valence-corrected chi connectivity index (χ1v) is 4.43. The van der Waals surface area contributed by atoms with E-state index in [1.165, 1.54) is 6.07 Å². The van der Waals surface area contributed by atoms with Gasteiger partial charge in [0.25, 0.3) is 5.91 Å². The number of para-hydroxylation sites is 1. The Kier molecular flexibility index (Phi) is 2.03. The Balaban J connectivity index is 2.59. The molecule has 6 nitrogen and oxygen atoms in total. The van der Waals surface area contributed by atoms with Crippen LogP contribution in [0.1, 0.15) is 10.4 Å². The fraction of sp³-hybridized carbons (Fsp3) is 0.222. The number of hydrogen-bond donors (Lipinski definition) is 1. The lowest BCUT2D eigenvalue weighted by atomic mass is 10.1. The number of amides is 1. The van der Waals surface area contributed by atoms with Crippen LogP contribution < -0.4 is 10.6 Å². The molecule has 1 aliphatic heterocycles. The predicted molar refractivity (Wildman–Crippen MR) is 53.8 cm³/mol. The van der Waals surface area contributed by atoms with Crippen molar-refractivity contribution in [3.63, 3.8) is 0 Å². The minimum absolute atomic E-state index is 0.0376. The van der Waals surface area contributed by atoms with Gasteiger partial charge < -0.3 is 10.6 Å². The molecule has 2 N–H and O–H groups in total. The van der Waals surface area contributed by atoms with Crippen LogP contribution in [0.4, 0.5) is 11.4 Å². The quantitative estimate of drug-likeness (QED) is 0.444. The van der Waals surface area contributed by atoms with Gasteiger partial charge in [0.1, 0.15) is 11.3 Å². The van der Waals surface area contributed by atoms with E-state index in [2.05, 4.69) is 0 Å². The number of rotatable bonds is 3. The highest BCUT2D eigenvalue weighted by atomic mass is 16.6. The Morgan fingerprint density at radius 1 is 1.47 bits per heavy atom. The van der Waals surface area contributed by atoms with Gasteiger partial charge in [0, 0.05) is 13.1 Å². The summed E-state index contributed by atoms with van der Waals surface area (Å²) in [4.78, 5) is 23.1. The molecule has 0 unspecified atom stereocenters. The Morgan fingerprint density at radius 3 is 2.60 bits per heavy atom. The van der Waals surface area contributed by atoms with E-state index in [0.717, 1.165) is 13.1 Å². The molecular formula is C9H9N3O3. The van der Waals surface area contributed by atoms with Crippen molar-refractivity contribution in [2.24, 2.45) is 5.73 Å². The SMILES string of the molecule is NC(=O)c1cccc(N2CC2)c1[N+](=O)[O-]. The molecule has 78 valence electrons. The van der Waals surface area contributed by atoms with E-state index >= 15 is 0 Å². The Morgan fingerprint density at radius 2 is 2.13 bits per heavy atom. The Bertz CT molecular complexity index is 440. The van der Waals surface area contributed by atoms with E-state index in [9.17, 15) is 14.9 Å². The molecule has 0 saturated carbocycles. The van der Waals surface area contributed by atoms with Crippen molar-refractivity contribution in [1.29, 1.82) is 0 Å². The normalized spacial score (nSPS) is 13.7.